The first-order chi connectivity index (χ1) is 10.1. The summed E-state index contributed by atoms with van der Waals surface area (Å²) in [6.07, 6.45) is 5.46. The van der Waals surface area contributed by atoms with Crippen LogP contribution in [0.15, 0.2) is 30.3 Å². The van der Waals surface area contributed by atoms with Crippen LogP contribution < -0.4 is 11.1 Å². The third-order valence-corrected chi connectivity index (χ3v) is 3.71. The standard InChI is InChI=1S/C16H21N3O2/c1-18-11-14-3-2-10-19(14)15(20)9-6-12-4-7-13(8-5-12)16(17)21/h4-9,14,18H,2-3,10-11H2,1H3,(H2,17,21). The number of amides is 2. The second-order valence-corrected chi connectivity index (χ2v) is 5.20. The van der Waals surface area contributed by atoms with E-state index >= 15 is 0 Å². The minimum absolute atomic E-state index is 0.0340. The number of nitrogens with one attached hydrogen (secondary N) is 1. The SMILES string of the molecule is CNCC1CCCN1C(=O)C=Cc1ccc(C(N)=O)cc1. The van der Waals surface area contributed by atoms with E-state index in [0.29, 0.717) is 5.56 Å². The number of primary amides is 1. The van der Waals surface area contributed by atoms with Gasteiger partial charge in [0, 0.05) is 30.8 Å². The second-order valence-electron chi connectivity index (χ2n) is 5.20. The number of hydrogen-bond acceptors (Lipinski definition) is 3. The van der Waals surface area contributed by atoms with Gasteiger partial charge < -0.3 is 16.0 Å². The van der Waals surface area contributed by atoms with Crippen LogP contribution in [0.3, 0.4) is 0 Å². The van der Waals surface area contributed by atoms with Gasteiger partial charge in [0.05, 0.1) is 0 Å². The fraction of sp³-hybridized carbons (Fsp3) is 0.375. The average Bonchev–Trinajstić information content (AvgIpc) is 2.94. The zero-order valence-electron chi connectivity index (χ0n) is 12.2. The van der Waals surface area contributed by atoms with Crippen LogP contribution in [0.1, 0.15) is 28.8 Å². The number of benzene rings is 1. The Hall–Kier alpha value is -2.14. The van der Waals surface area contributed by atoms with Crippen LogP contribution in [-0.2, 0) is 4.79 Å². The number of carbonyl (C=O) groups excluding carboxylic acids is 2. The van der Waals surface area contributed by atoms with Crippen molar-refractivity contribution in [3.63, 3.8) is 0 Å². The molecule has 5 heteroatoms. The van der Waals surface area contributed by atoms with Crippen molar-refractivity contribution in [2.45, 2.75) is 18.9 Å². The molecule has 1 aliphatic rings. The van der Waals surface area contributed by atoms with E-state index in [2.05, 4.69) is 5.32 Å². The molecule has 1 saturated heterocycles. The lowest BCUT2D eigenvalue weighted by Gasteiger charge is -2.23. The molecule has 2 amide bonds. The first-order valence-corrected chi connectivity index (χ1v) is 7.15. The van der Waals surface area contributed by atoms with Gasteiger partial charge in [0.25, 0.3) is 0 Å². The number of nitrogens with zero attached hydrogens (tertiary/aromatic N) is 1. The number of hydrogen-bond donors (Lipinski definition) is 2. The van der Waals surface area contributed by atoms with Crippen LogP contribution in [-0.4, -0.2) is 42.9 Å². The summed E-state index contributed by atoms with van der Waals surface area (Å²) >= 11 is 0. The predicted octanol–water partition coefficient (Wildman–Crippen LogP) is 1.01. The Kier molecular flexibility index (Phi) is 5.11. The Bertz CT molecular complexity index is 537. The molecule has 2 rings (SSSR count). The second kappa shape index (κ2) is 7.04. The first kappa shape index (κ1) is 15.3. The van der Waals surface area contributed by atoms with Gasteiger partial charge in [-0.25, -0.2) is 0 Å². The molecule has 3 N–H and O–H groups in total. The van der Waals surface area contributed by atoms with Gasteiger partial charge in [-0.2, -0.15) is 0 Å². The summed E-state index contributed by atoms with van der Waals surface area (Å²) in [5, 5.41) is 3.12. The third-order valence-electron chi connectivity index (χ3n) is 3.71. The summed E-state index contributed by atoms with van der Waals surface area (Å²) in [5.74, 6) is -0.416. The first-order valence-electron chi connectivity index (χ1n) is 7.15. The highest BCUT2D eigenvalue weighted by Gasteiger charge is 2.26. The zero-order valence-corrected chi connectivity index (χ0v) is 12.2. The third kappa shape index (κ3) is 3.92. The van der Waals surface area contributed by atoms with E-state index < -0.39 is 5.91 Å². The Labute approximate surface area is 124 Å². The normalized spacial score (nSPS) is 18.3. The number of nitrogens with two attached hydrogens (primary N) is 1. The lowest BCUT2D eigenvalue weighted by Crippen LogP contribution is -2.39. The van der Waals surface area contributed by atoms with E-state index in [1.165, 1.54) is 0 Å². The molecule has 0 spiro atoms. The van der Waals surface area contributed by atoms with Gasteiger partial charge >= 0.3 is 0 Å². The van der Waals surface area contributed by atoms with Gasteiger partial charge in [0.1, 0.15) is 0 Å². The maximum atomic E-state index is 12.2. The molecule has 1 atom stereocenters. The van der Waals surface area contributed by atoms with E-state index in [4.69, 9.17) is 5.73 Å². The van der Waals surface area contributed by atoms with Crippen LogP contribution in [0, 0.1) is 0 Å². The molecule has 1 heterocycles. The lowest BCUT2D eigenvalue weighted by molar-refractivity contribution is -0.126. The van der Waals surface area contributed by atoms with Crippen molar-refractivity contribution in [1.82, 2.24) is 10.2 Å². The largest absolute Gasteiger partial charge is 0.366 e. The van der Waals surface area contributed by atoms with Crippen molar-refractivity contribution in [2.75, 3.05) is 20.1 Å². The van der Waals surface area contributed by atoms with Crippen LogP contribution in [0.5, 0.6) is 0 Å². The summed E-state index contributed by atoms with van der Waals surface area (Å²) in [5.41, 5.74) is 6.53. The highest BCUT2D eigenvalue weighted by molar-refractivity contribution is 5.94. The Morgan fingerprint density at radius 3 is 2.71 bits per heavy atom. The summed E-state index contributed by atoms with van der Waals surface area (Å²) in [4.78, 5) is 25.1. The summed E-state index contributed by atoms with van der Waals surface area (Å²) in [7, 11) is 1.90. The molecule has 0 aliphatic carbocycles. The maximum absolute atomic E-state index is 12.2. The molecule has 1 aromatic carbocycles. The highest BCUT2D eigenvalue weighted by atomic mass is 16.2. The van der Waals surface area contributed by atoms with Crippen molar-refractivity contribution >= 4 is 17.9 Å². The van der Waals surface area contributed by atoms with Gasteiger partial charge in [0.2, 0.25) is 11.8 Å². The fourth-order valence-electron chi connectivity index (χ4n) is 2.60. The lowest BCUT2D eigenvalue weighted by atomic mass is 10.1. The summed E-state index contributed by atoms with van der Waals surface area (Å²) in [6, 6.07) is 7.15. The van der Waals surface area contributed by atoms with Gasteiger partial charge in [0.15, 0.2) is 0 Å². The molecule has 0 aromatic heterocycles. The molecule has 1 unspecified atom stereocenters. The topological polar surface area (TPSA) is 75.4 Å². The van der Waals surface area contributed by atoms with Crippen LogP contribution in [0.4, 0.5) is 0 Å². The Morgan fingerprint density at radius 1 is 1.38 bits per heavy atom. The molecule has 112 valence electrons. The minimum Gasteiger partial charge on any atom is -0.366 e. The smallest absolute Gasteiger partial charge is 0.248 e. The van der Waals surface area contributed by atoms with Gasteiger partial charge in [-0.3, -0.25) is 9.59 Å². The fourth-order valence-corrected chi connectivity index (χ4v) is 2.60. The average molecular weight is 287 g/mol. The molecule has 1 aliphatic heterocycles. The van der Waals surface area contributed by atoms with Crippen LogP contribution in [0.2, 0.25) is 0 Å². The van der Waals surface area contributed by atoms with E-state index in [9.17, 15) is 9.59 Å². The number of likely N-dealkylation sites (N-methyl/N-ethyl adjacent to an activating group) is 1. The molecule has 0 saturated carbocycles. The minimum atomic E-state index is -0.450. The van der Waals surface area contributed by atoms with Crippen LogP contribution in [0.25, 0.3) is 6.08 Å². The Morgan fingerprint density at radius 2 is 2.10 bits per heavy atom. The molecule has 1 fully saturated rings. The van der Waals surface area contributed by atoms with Gasteiger partial charge in [-0.15, -0.1) is 0 Å². The summed E-state index contributed by atoms with van der Waals surface area (Å²) in [6.45, 7) is 1.64. The molecule has 0 bridgehead atoms. The molecule has 0 radical (unpaired) electrons. The quantitative estimate of drug-likeness (QED) is 0.794. The van der Waals surface area contributed by atoms with Gasteiger partial charge in [-0.1, -0.05) is 12.1 Å². The van der Waals surface area contributed by atoms with Crippen molar-refractivity contribution in [2.24, 2.45) is 5.73 Å². The molecule has 5 nitrogen and oxygen atoms in total. The summed E-state index contributed by atoms with van der Waals surface area (Å²) < 4.78 is 0. The molecule has 21 heavy (non-hydrogen) atoms. The van der Waals surface area contributed by atoms with E-state index in [0.717, 1.165) is 31.5 Å². The number of rotatable bonds is 5. The van der Waals surface area contributed by atoms with E-state index in [1.807, 2.05) is 11.9 Å². The maximum Gasteiger partial charge on any atom is 0.248 e. The van der Waals surface area contributed by atoms with Crippen molar-refractivity contribution < 1.29 is 9.59 Å². The number of likely N-dealkylation sites (tertiary alicyclic amines) is 1. The molecule has 1 aromatic rings. The Balaban J connectivity index is 1.99. The molecular weight excluding hydrogens is 266 g/mol. The monoisotopic (exact) mass is 287 g/mol. The van der Waals surface area contributed by atoms with Crippen molar-refractivity contribution in [3.8, 4) is 0 Å². The highest BCUT2D eigenvalue weighted by Crippen LogP contribution is 2.17. The van der Waals surface area contributed by atoms with Crippen molar-refractivity contribution in [1.29, 1.82) is 0 Å². The predicted molar refractivity (Wildman–Crippen MR) is 82.7 cm³/mol. The number of carbonyl (C=O) groups is 2. The molecular formula is C16H21N3O2. The van der Waals surface area contributed by atoms with Crippen molar-refractivity contribution in [3.05, 3.63) is 41.5 Å². The van der Waals surface area contributed by atoms with Gasteiger partial charge in [-0.05, 0) is 43.7 Å². The van der Waals surface area contributed by atoms with E-state index in [1.54, 1.807) is 36.4 Å². The van der Waals surface area contributed by atoms with Crippen LogP contribution >= 0.6 is 0 Å². The zero-order chi connectivity index (χ0) is 15.2. The van der Waals surface area contributed by atoms with E-state index in [-0.39, 0.29) is 11.9 Å².